The molecule has 33 heavy (non-hydrogen) atoms. The molecular formula is C24H24Cl2N2O4S. The number of sulfonamides is 1. The van der Waals surface area contributed by atoms with Gasteiger partial charge in [0.2, 0.25) is 5.91 Å². The van der Waals surface area contributed by atoms with Crippen LogP contribution in [-0.4, -0.2) is 28.0 Å². The van der Waals surface area contributed by atoms with Crippen molar-refractivity contribution in [1.29, 1.82) is 0 Å². The molecule has 0 unspecified atom stereocenters. The highest BCUT2D eigenvalue weighted by molar-refractivity contribution is 7.93. The summed E-state index contributed by atoms with van der Waals surface area (Å²) in [5.41, 5.74) is 2.74. The molecule has 0 aliphatic heterocycles. The number of nitrogens with one attached hydrogen (secondary N) is 1. The fraction of sp³-hybridized carbons (Fsp3) is 0.208. The molecule has 3 aromatic carbocycles. The second-order valence-corrected chi connectivity index (χ2v) is 10.2. The Balaban J connectivity index is 1.92. The van der Waals surface area contributed by atoms with Gasteiger partial charge in [0, 0.05) is 16.6 Å². The van der Waals surface area contributed by atoms with Gasteiger partial charge in [0.15, 0.2) is 0 Å². The number of ether oxygens (including phenoxy) is 1. The zero-order valence-corrected chi connectivity index (χ0v) is 20.8. The van der Waals surface area contributed by atoms with Crippen LogP contribution in [0.3, 0.4) is 0 Å². The van der Waals surface area contributed by atoms with E-state index < -0.39 is 22.5 Å². The summed E-state index contributed by atoms with van der Waals surface area (Å²) in [6, 6.07) is 16.7. The van der Waals surface area contributed by atoms with Crippen LogP contribution in [0, 0.1) is 13.8 Å². The van der Waals surface area contributed by atoms with E-state index in [9.17, 15) is 13.2 Å². The molecule has 0 aromatic heterocycles. The summed E-state index contributed by atoms with van der Waals surface area (Å²) in [7, 11) is -2.71. The highest BCUT2D eigenvalue weighted by Gasteiger charge is 2.30. The van der Waals surface area contributed by atoms with Crippen molar-refractivity contribution < 1.29 is 17.9 Å². The zero-order chi connectivity index (χ0) is 24.2. The average molecular weight is 507 g/mol. The van der Waals surface area contributed by atoms with E-state index in [1.165, 1.54) is 13.2 Å². The van der Waals surface area contributed by atoms with E-state index in [-0.39, 0.29) is 17.2 Å². The summed E-state index contributed by atoms with van der Waals surface area (Å²) in [6.07, 6.45) is 0. The smallest absolute Gasteiger partial charge is 0.268 e. The molecule has 0 atom stereocenters. The van der Waals surface area contributed by atoms with E-state index in [0.29, 0.717) is 21.3 Å². The third-order valence-electron chi connectivity index (χ3n) is 4.99. The third-order valence-corrected chi connectivity index (χ3v) is 7.37. The minimum absolute atomic E-state index is 0.0147. The largest absolute Gasteiger partial charge is 0.495 e. The number of nitrogens with zero attached hydrogens (tertiary/aromatic N) is 1. The topological polar surface area (TPSA) is 75.7 Å². The number of aryl methyl sites for hydroxylation is 2. The van der Waals surface area contributed by atoms with Crippen LogP contribution in [0.25, 0.3) is 0 Å². The molecule has 3 aromatic rings. The van der Waals surface area contributed by atoms with Crippen molar-refractivity contribution in [2.75, 3.05) is 18.0 Å². The van der Waals surface area contributed by atoms with Crippen LogP contribution in [0.5, 0.6) is 5.75 Å². The number of benzene rings is 3. The fourth-order valence-corrected chi connectivity index (χ4v) is 5.32. The Hall–Kier alpha value is -2.74. The SMILES string of the molecule is COc1ccc(C)cc1S(=O)(=O)N(CC(=O)NCc1ccc(Cl)cc1Cl)c1ccc(C)cc1. The normalized spacial score (nSPS) is 11.2. The number of halogens is 2. The van der Waals surface area contributed by atoms with Gasteiger partial charge in [-0.2, -0.15) is 0 Å². The number of rotatable bonds is 8. The lowest BCUT2D eigenvalue weighted by atomic mass is 10.2. The van der Waals surface area contributed by atoms with Gasteiger partial charge in [0.25, 0.3) is 10.0 Å². The lowest BCUT2D eigenvalue weighted by molar-refractivity contribution is -0.119. The van der Waals surface area contributed by atoms with Crippen LogP contribution in [0.2, 0.25) is 10.0 Å². The third kappa shape index (κ3) is 5.99. The number of carbonyl (C=O) groups excluding carboxylic acids is 1. The van der Waals surface area contributed by atoms with Gasteiger partial charge >= 0.3 is 0 Å². The molecule has 0 aliphatic carbocycles. The maximum atomic E-state index is 13.7. The summed E-state index contributed by atoms with van der Waals surface area (Å²) in [5.74, 6) is -0.289. The molecule has 0 radical (unpaired) electrons. The molecule has 0 saturated heterocycles. The van der Waals surface area contributed by atoms with E-state index in [2.05, 4.69) is 5.32 Å². The van der Waals surface area contributed by atoms with E-state index in [1.54, 1.807) is 61.5 Å². The quantitative estimate of drug-likeness (QED) is 0.459. The molecule has 0 aliphatic rings. The Labute approximate surface area is 204 Å². The molecular weight excluding hydrogens is 483 g/mol. The zero-order valence-electron chi connectivity index (χ0n) is 18.4. The van der Waals surface area contributed by atoms with E-state index in [0.717, 1.165) is 15.4 Å². The predicted octanol–water partition coefficient (Wildman–Crippen LogP) is 5.13. The molecule has 6 nitrogen and oxygen atoms in total. The van der Waals surface area contributed by atoms with Crippen molar-refractivity contribution in [3.8, 4) is 5.75 Å². The summed E-state index contributed by atoms with van der Waals surface area (Å²) < 4.78 is 33.7. The number of hydrogen-bond acceptors (Lipinski definition) is 4. The summed E-state index contributed by atoms with van der Waals surface area (Å²) in [5, 5.41) is 3.63. The summed E-state index contributed by atoms with van der Waals surface area (Å²) in [6.45, 7) is 3.39. The van der Waals surface area contributed by atoms with Gasteiger partial charge in [0.1, 0.15) is 17.2 Å². The standard InChI is InChI=1S/C24H24Cl2N2O4S/c1-16-4-9-20(10-5-16)28(33(30,31)23-12-17(2)6-11-22(23)32-3)15-24(29)27-14-18-7-8-19(25)13-21(18)26/h4-13H,14-15H2,1-3H3,(H,27,29). The van der Waals surface area contributed by atoms with Gasteiger partial charge in [0.05, 0.1) is 12.8 Å². The first kappa shape index (κ1) is 24.9. The van der Waals surface area contributed by atoms with Crippen molar-refractivity contribution in [1.82, 2.24) is 5.32 Å². The fourth-order valence-electron chi connectivity index (χ4n) is 3.18. The van der Waals surface area contributed by atoms with Crippen LogP contribution < -0.4 is 14.4 Å². The maximum absolute atomic E-state index is 13.7. The molecule has 0 saturated carbocycles. The molecule has 3 rings (SSSR count). The van der Waals surface area contributed by atoms with Crippen molar-refractivity contribution in [2.45, 2.75) is 25.3 Å². The van der Waals surface area contributed by atoms with Crippen molar-refractivity contribution >= 4 is 44.8 Å². The molecule has 0 fully saturated rings. The van der Waals surface area contributed by atoms with Gasteiger partial charge < -0.3 is 10.1 Å². The van der Waals surface area contributed by atoms with Crippen molar-refractivity contribution in [3.05, 3.63) is 87.4 Å². The molecule has 1 amide bonds. The lowest BCUT2D eigenvalue weighted by Crippen LogP contribution is -2.40. The Morgan fingerprint density at radius 1 is 0.970 bits per heavy atom. The highest BCUT2D eigenvalue weighted by Crippen LogP contribution is 2.31. The van der Waals surface area contributed by atoms with Crippen LogP contribution in [-0.2, 0) is 21.4 Å². The Morgan fingerprint density at radius 2 is 1.64 bits per heavy atom. The van der Waals surface area contributed by atoms with Crippen LogP contribution in [0.4, 0.5) is 5.69 Å². The second kappa shape index (κ2) is 10.5. The molecule has 9 heteroatoms. The van der Waals surface area contributed by atoms with Gasteiger partial charge in [-0.15, -0.1) is 0 Å². The number of anilines is 1. The van der Waals surface area contributed by atoms with Crippen LogP contribution in [0.15, 0.2) is 65.6 Å². The van der Waals surface area contributed by atoms with Gasteiger partial charge in [-0.3, -0.25) is 9.10 Å². The molecule has 1 N–H and O–H groups in total. The van der Waals surface area contributed by atoms with E-state index in [4.69, 9.17) is 27.9 Å². The Morgan fingerprint density at radius 3 is 2.27 bits per heavy atom. The number of methoxy groups -OCH3 is 1. The molecule has 0 spiro atoms. The predicted molar refractivity (Wildman–Crippen MR) is 132 cm³/mol. The minimum atomic E-state index is -4.12. The van der Waals surface area contributed by atoms with Gasteiger partial charge in [-0.05, 0) is 61.4 Å². The maximum Gasteiger partial charge on any atom is 0.268 e. The monoisotopic (exact) mass is 506 g/mol. The van der Waals surface area contributed by atoms with Gasteiger partial charge in [-0.1, -0.05) is 53.0 Å². The number of carbonyl (C=O) groups is 1. The Bertz CT molecular complexity index is 1260. The second-order valence-electron chi connectivity index (χ2n) is 7.51. The van der Waals surface area contributed by atoms with Crippen LogP contribution in [0.1, 0.15) is 16.7 Å². The number of hydrogen-bond donors (Lipinski definition) is 1. The first-order chi connectivity index (χ1) is 15.6. The van der Waals surface area contributed by atoms with E-state index in [1.807, 2.05) is 6.92 Å². The summed E-state index contributed by atoms with van der Waals surface area (Å²) in [4.78, 5) is 12.8. The molecule has 174 valence electrons. The number of amides is 1. The van der Waals surface area contributed by atoms with Crippen molar-refractivity contribution in [2.24, 2.45) is 0 Å². The van der Waals surface area contributed by atoms with Crippen molar-refractivity contribution in [3.63, 3.8) is 0 Å². The first-order valence-electron chi connectivity index (χ1n) is 10.1. The molecule has 0 bridgehead atoms. The van der Waals surface area contributed by atoms with Crippen LogP contribution >= 0.6 is 23.2 Å². The highest BCUT2D eigenvalue weighted by atomic mass is 35.5. The van der Waals surface area contributed by atoms with Gasteiger partial charge in [-0.25, -0.2) is 8.42 Å². The van der Waals surface area contributed by atoms with E-state index >= 15 is 0 Å². The molecule has 0 heterocycles. The lowest BCUT2D eigenvalue weighted by Gasteiger charge is -2.25. The summed E-state index contributed by atoms with van der Waals surface area (Å²) >= 11 is 12.1. The first-order valence-corrected chi connectivity index (χ1v) is 12.3. The Kier molecular flexibility index (Phi) is 7.89. The average Bonchev–Trinajstić information content (AvgIpc) is 2.77. The minimum Gasteiger partial charge on any atom is -0.495 e.